The summed E-state index contributed by atoms with van der Waals surface area (Å²) in [5.74, 6) is -0.166. The number of carbonyl (C=O) groups is 2. The Balaban J connectivity index is 1.99. The average molecular weight is 317 g/mol. The molecule has 8 nitrogen and oxygen atoms in total. The first-order chi connectivity index (χ1) is 11.0. The van der Waals surface area contributed by atoms with Crippen LogP contribution in [0.4, 0.5) is 5.69 Å². The number of H-pyrrole nitrogens is 2. The Morgan fingerprint density at radius 2 is 2.13 bits per heavy atom. The van der Waals surface area contributed by atoms with Gasteiger partial charge in [0.1, 0.15) is 5.82 Å². The predicted molar refractivity (Wildman–Crippen MR) is 84.9 cm³/mol. The summed E-state index contributed by atoms with van der Waals surface area (Å²) in [7, 11) is 0. The SMILES string of the molecule is CCC(C)C(=O)Nc1cccc(C(=O)NCc2n[nH]c(=O)[nH]2)c1. The van der Waals surface area contributed by atoms with Gasteiger partial charge in [-0.1, -0.05) is 19.9 Å². The highest BCUT2D eigenvalue weighted by Gasteiger charge is 2.12. The third-order valence-electron chi connectivity index (χ3n) is 3.42. The van der Waals surface area contributed by atoms with Crippen LogP contribution in [0.5, 0.6) is 0 Å². The molecule has 0 saturated carbocycles. The Hall–Kier alpha value is -2.90. The second-order valence-electron chi connectivity index (χ2n) is 5.19. The van der Waals surface area contributed by atoms with Gasteiger partial charge in [-0.25, -0.2) is 9.89 Å². The molecule has 0 radical (unpaired) electrons. The first-order valence-electron chi connectivity index (χ1n) is 7.32. The number of nitrogens with zero attached hydrogens (tertiary/aromatic N) is 1. The molecule has 0 bridgehead atoms. The maximum atomic E-state index is 12.1. The van der Waals surface area contributed by atoms with E-state index in [2.05, 4.69) is 25.8 Å². The van der Waals surface area contributed by atoms with Crippen LogP contribution in [-0.4, -0.2) is 27.0 Å². The lowest BCUT2D eigenvalue weighted by molar-refractivity contribution is -0.119. The first kappa shape index (κ1) is 16.5. The Morgan fingerprint density at radius 1 is 1.35 bits per heavy atom. The number of aromatic nitrogens is 3. The maximum Gasteiger partial charge on any atom is 0.340 e. The van der Waals surface area contributed by atoms with Gasteiger partial charge in [0.2, 0.25) is 5.91 Å². The van der Waals surface area contributed by atoms with Gasteiger partial charge in [0.15, 0.2) is 0 Å². The summed E-state index contributed by atoms with van der Waals surface area (Å²) < 4.78 is 0. The molecule has 0 saturated heterocycles. The molecule has 2 amide bonds. The molecule has 0 fully saturated rings. The van der Waals surface area contributed by atoms with E-state index in [0.29, 0.717) is 17.1 Å². The first-order valence-corrected chi connectivity index (χ1v) is 7.32. The second-order valence-corrected chi connectivity index (χ2v) is 5.19. The van der Waals surface area contributed by atoms with Crippen molar-refractivity contribution in [2.45, 2.75) is 26.8 Å². The molecule has 1 atom stereocenters. The number of anilines is 1. The molecule has 4 N–H and O–H groups in total. The Morgan fingerprint density at radius 3 is 2.78 bits per heavy atom. The number of aromatic amines is 2. The van der Waals surface area contributed by atoms with Crippen molar-refractivity contribution in [3.63, 3.8) is 0 Å². The monoisotopic (exact) mass is 317 g/mol. The Labute approximate surface area is 132 Å². The van der Waals surface area contributed by atoms with E-state index in [1.54, 1.807) is 24.3 Å². The average Bonchev–Trinajstić information content (AvgIpc) is 2.97. The molecule has 0 spiro atoms. The molecule has 2 aromatic rings. The fourth-order valence-corrected chi connectivity index (χ4v) is 1.84. The van der Waals surface area contributed by atoms with Crippen LogP contribution in [0.2, 0.25) is 0 Å². The molecule has 122 valence electrons. The smallest absolute Gasteiger partial charge is 0.340 e. The molecule has 2 rings (SSSR count). The van der Waals surface area contributed by atoms with Gasteiger partial charge in [-0.15, -0.1) is 0 Å². The van der Waals surface area contributed by atoms with Crippen molar-refractivity contribution in [2.75, 3.05) is 5.32 Å². The quantitative estimate of drug-likeness (QED) is 0.635. The topological polar surface area (TPSA) is 120 Å². The molecule has 0 aliphatic heterocycles. The predicted octanol–water partition coefficient (Wildman–Crippen LogP) is 1.01. The Kier molecular flexibility index (Phi) is 5.29. The van der Waals surface area contributed by atoms with E-state index in [-0.39, 0.29) is 24.3 Å². The van der Waals surface area contributed by atoms with Crippen molar-refractivity contribution in [1.82, 2.24) is 20.5 Å². The summed E-state index contributed by atoms with van der Waals surface area (Å²) in [5.41, 5.74) is 0.546. The zero-order valence-electron chi connectivity index (χ0n) is 13.0. The van der Waals surface area contributed by atoms with Crippen LogP contribution in [0.25, 0.3) is 0 Å². The van der Waals surface area contributed by atoms with E-state index in [4.69, 9.17) is 0 Å². The summed E-state index contributed by atoms with van der Waals surface area (Å²) in [4.78, 5) is 37.3. The van der Waals surface area contributed by atoms with Gasteiger partial charge >= 0.3 is 5.69 Å². The molecule has 1 heterocycles. The van der Waals surface area contributed by atoms with Gasteiger partial charge in [0.25, 0.3) is 5.91 Å². The van der Waals surface area contributed by atoms with Crippen molar-refractivity contribution in [3.05, 3.63) is 46.1 Å². The van der Waals surface area contributed by atoms with Crippen LogP contribution in [0.3, 0.4) is 0 Å². The third-order valence-corrected chi connectivity index (χ3v) is 3.42. The minimum absolute atomic E-state index is 0.0841. The van der Waals surface area contributed by atoms with E-state index in [1.807, 2.05) is 13.8 Å². The number of carbonyl (C=O) groups excluding carboxylic acids is 2. The fraction of sp³-hybridized carbons (Fsp3) is 0.333. The van der Waals surface area contributed by atoms with Crippen molar-refractivity contribution >= 4 is 17.5 Å². The zero-order chi connectivity index (χ0) is 16.8. The zero-order valence-corrected chi connectivity index (χ0v) is 13.0. The van der Waals surface area contributed by atoms with Gasteiger partial charge in [0.05, 0.1) is 6.54 Å². The van der Waals surface area contributed by atoms with Gasteiger partial charge in [-0.2, -0.15) is 5.10 Å². The number of nitrogens with one attached hydrogen (secondary N) is 4. The molecule has 8 heteroatoms. The van der Waals surface area contributed by atoms with Crippen LogP contribution in [0, 0.1) is 5.92 Å². The summed E-state index contributed by atoms with van der Waals surface area (Å²) in [6.07, 6.45) is 0.744. The minimum atomic E-state index is -0.427. The standard InChI is InChI=1S/C15H19N5O3/c1-3-9(2)13(21)17-11-6-4-5-10(7-11)14(22)16-8-12-18-15(23)20-19-12/h4-7,9H,3,8H2,1-2H3,(H,16,22)(H,17,21)(H2,18,19,20,23). The molecule has 1 aromatic carbocycles. The summed E-state index contributed by atoms with van der Waals surface area (Å²) in [6.45, 7) is 3.88. The maximum absolute atomic E-state index is 12.1. The van der Waals surface area contributed by atoms with Crippen LogP contribution in [-0.2, 0) is 11.3 Å². The molecule has 1 aromatic heterocycles. The number of hydrogen-bond donors (Lipinski definition) is 4. The molecule has 1 unspecified atom stereocenters. The number of amides is 2. The summed E-state index contributed by atoms with van der Waals surface area (Å²) >= 11 is 0. The largest absolute Gasteiger partial charge is 0.345 e. The van der Waals surface area contributed by atoms with E-state index >= 15 is 0 Å². The second kappa shape index (κ2) is 7.39. The molecular weight excluding hydrogens is 298 g/mol. The molecule has 0 aliphatic carbocycles. The number of hydrogen-bond acceptors (Lipinski definition) is 4. The van der Waals surface area contributed by atoms with Gasteiger partial charge in [0, 0.05) is 17.2 Å². The van der Waals surface area contributed by atoms with E-state index in [9.17, 15) is 14.4 Å². The normalized spacial score (nSPS) is 11.7. The van der Waals surface area contributed by atoms with Crippen LogP contribution < -0.4 is 16.3 Å². The van der Waals surface area contributed by atoms with Gasteiger partial charge in [-0.05, 0) is 24.6 Å². The fourth-order valence-electron chi connectivity index (χ4n) is 1.84. The van der Waals surface area contributed by atoms with E-state index in [0.717, 1.165) is 6.42 Å². The van der Waals surface area contributed by atoms with Crippen LogP contribution in [0.1, 0.15) is 36.5 Å². The van der Waals surface area contributed by atoms with E-state index < -0.39 is 5.69 Å². The van der Waals surface area contributed by atoms with E-state index in [1.165, 1.54) is 0 Å². The summed E-state index contributed by atoms with van der Waals surface area (Å²) in [6, 6.07) is 6.66. The summed E-state index contributed by atoms with van der Waals surface area (Å²) in [5, 5.41) is 11.3. The number of rotatable bonds is 6. The minimum Gasteiger partial charge on any atom is -0.345 e. The molecule has 0 aliphatic rings. The highest BCUT2D eigenvalue weighted by molar-refractivity contribution is 5.97. The van der Waals surface area contributed by atoms with Crippen molar-refractivity contribution in [1.29, 1.82) is 0 Å². The lowest BCUT2D eigenvalue weighted by Crippen LogP contribution is -2.24. The van der Waals surface area contributed by atoms with Crippen molar-refractivity contribution in [2.24, 2.45) is 5.92 Å². The lowest BCUT2D eigenvalue weighted by Gasteiger charge is -2.11. The third kappa shape index (κ3) is 4.53. The van der Waals surface area contributed by atoms with Crippen molar-refractivity contribution < 1.29 is 9.59 Å². The molecule has 23 heavy (non-hydrogen) atoms. The Bertz CT molecular complexity index is 749. The van der Waals surface area contributed by atoms with Gasteiger partial charge < -0.3 is 10.6 Å². The lowest BCUT2D eigenvalue weighted by atomic mass is 10.1. The highest BCUT2D eigenvalue weighted by atomic mass is 16.2. The number of benzene rings is 1. The van der Waals surface area contributed by atoms with Crippen molar-refractivity contribution in [3.8, 4) is 0 Å². The van der Waals surface area contributed by atoms with Crippen LogP contribution >= 0.6 is 0 Å². The van der Waals surface area contributed by atoms with Gasteiger partial charge in [-0.3, -0.25) is 14.6 Å². The van der Waals surface area contributed by atoms with Crippen LogP contribution in [0.15, 0.2) is 29.1 Å². The highest BCUT2D eigenvalue weighted by Crippen LogP contribution is 2.13. The molecular formula is C15H19N5O3.